The number of nitrogens with one attached hydrogen (secondary N) is 2. The van der Waals surface area contributed by atoms with Gasteiger partial charge in [0.25, 0.3) is 0 Å². The zero-order chi connectivity index (χ0) is 26.3. The molecule has 0 aromatic heterocycles. The van der Waals surface area contributed by atoms with E-state index in [-0.39, 0.29) is 29.9 Å². The van der Waals surface area contributed by atoms with E-state index in [9.17, 15) is 9.65 Å². The highest BCUT2D eigenvalue weighted by molar-refractivity contribution is 5.34. The third kappa shape index (κ3) is 7.24. The maximum Gasteiger partial charge on any atom is 0.163 e. The van der Waals surface area contributed by atoms with Crippen molar-refractivity contribution < 1.29 is 13.9 Å². The van der Waals surface area contributed by atoms with Gasteiger partial charge in [-0.2, -0.15) is 5.26 Å². The van der Waals surface area contributed by atoms with E-state index >= 15 is 0 Å². The summed E-state index contributed by atoms with van der Waals surface area (Å²) in [6.07, 6.45) is 1.12. The molecule has 1 aliphatic heterocycles. The quantitative estimate of drug-likeness (QED) is 0.381. The van der Waals surface area contributed by atoms with E-state index in [1.54, 1.807) is 12.1 Å². The number of hydrogen-bond donors (Lipinski definition) is 2. The van der Waals surface area contributed by atoms with Crippen molar-refractivity contribution in [2.75, 3.05) is 6.54 Å². The van der Waals surface area contributed by atoms with Crippen LogP contribution in [0.15, 0.2) is 78.9 Å². The van der Waals surface area contributed by atoms with Gasteiger partial charge in [0.15, 0.2) is 5.79 Å². The summed E-state index contributed by atoms with van der Waals surface area (Å²) in [6, 6.07) is 27.3. The second kappa shape index (κ2) is 12.4. The third-order valence-electron chi connectivity index (χ3n) is 6.74. The lowest BCUT2D eigenvalue weighted by Crippen LogP contribution is -2.54. The molecule has 1 saturated heterocycles. The maximum absolute atomic E-state index is 13.9. The van der Waals surface area contributed by atoms with Crippen LogP contribution in [0.1, 0.15) is 43.0 Å². The normalized spacial score (nSPS) is 20.3. The molecule has 0 radical (unpaired) electrons. The molecule has 1 aliphatic rings. The molecule has 4 rings (SSSR count). The van der Waals surface area contributed by atoms with Gasteiger partial charge in [-0.1, -0.05) is 73.7 Å². The minimum Gasteiger partial charge on any atom is -0.343 e. The van der Waals surface area contributed by atoms with E-state index in [4.69, 9.17) is 9.47 Å². The van der Waals surface area contributed by atoms with Crippen molar-refractivity contribution in [3.8, 4) is 6.07 Å². The van der Waals surface area contributed by atoms with Crippen LogP contribution in [0, 0.1) is 17.1 Å². The van der Waals surface area contributed by atoms with Gasteiger partial charge in [0.2, 0.25) is 0 Å². The topological polar surface area (TPSA) is 66.3 Å². The lowest BCUT2D eigenvalue weighted by molar-refractivity contribution is -0.150. The van der Waals surface area contributed by atoms with E-state index < -0.39 is 11.6 Å². The Hall–Kier alpha value is -3.08. The van der Waals surface area contributed by atoms with Gasteiger partial charge in [0.05, 0.1) is 5.56 Å². The molecular formula is C31H36FN3O2. The first-order valence-corrected chi connectivity index (χ1v) is 13.0. The van der Waals surface area contributed by atoms with Gasteiger partial charge in [-0.15, -0.1) is 0 Å². The first-order chi connectivity index (χ1) is 17.9. The smallest absolute Gasteiger partial charge is 0.163 e. The highest BCUT2D eigenvalue weighted by atomic mass is 19.1. The molecule has 0 aliphatic carbocycles. The minimum atomic E-state index is -0.736. The van der Waals surface area contributed by atoms with Gasteiger partial charge < -0.3 is 20.1 Å². The van der Waals surface area contributed by atoms with Crippen LogP contribution in [0.4, 0.5) is 4.39 Å². The van der Waals surface area contributed by atoms with Crippen molar-refractivity contribution in [2.45, 2.75) is 70.2 Å². The average Bonchev–Trinajstić information content (AvgIpc) is 3.23. The molecule has 3 aromatic carbocycles. The Kier molecular flexibility index (Phi) is 9.07. The summed E-state index contributed by atoms with van der Waals surface area (Å²) >= 11 is 0. The van der Waals surface area contributed by atoms with E-state index in [1.165, 1.54) is 17.2 Å². The van der Waals surface area contributed by atoms with Crippen LogP contribution >= 0.6 is 0 Å². The summed E-state index contributed by atoms with van der Waals surface area (Å²) in [7, 11) is 0. The zero-order valence-corrected chi connectivity index (χ0v) is 21.8. The van der Waals surface area contributed by atoms with Gasteiger partial charge in [-0.25, -0.2) is 4.39 Å². The summed E-state index contributed by atoms with van der Waals surface area (Å²) in [6.45, 7) is 7.32. The van der Waals surface area contributed by atoms with Crippen molar-refractivity contribution in [2.24, 2.45) is 0 Å². The van der Waals surface area contributed by atoms with Crippen LogP contribution in [0.3, 0.4) is 0 Å². The van der Waals surface area contributed by atoms with Crippen LogP contribution in [-0.2, 0) is 28.9 Å². The van der Waals surface area contributed by atoms with E-state index in [1.807, 2.05) is 44.2 Å². The molecule has 4 atom stereocenters. The second-order valence-corrected chi connectivity index (χ2v) is 10.0. The molecule has 0 amide bonds. The first kappa shape index (κ1) is 27.0. The molecule has 6 heteroatoms. The van der Waals surface area contributed by atoms with E-state index in [0.29, 0.717) is 6.54 Å². The number of rotatable bonds is 11. The second-order valence-electron chi connectivity index (χ2n) is 10.0. The molecule has 194 valence electrons. The lowest BCUT2D eigenvalue weighted by atomic mass is 9.91. The molecule has 2 N–H and O–H groups in total. The fourth-order valence-electron chi connectivity index (χ4n) is 5.06. The Morgan fingerprint density at radius 3 is 1.89 bits per heavy atom. The number of nitriles is 1. The maximum atomic E-state index is 13.9. The molecule has 37 heavy (non-hydrogen) atoms. The summed E-state index contributed by atoms with van der Waals surface area (Å²) in [4.78, 5) is 0. The molecule has 0 bridgehead atoms. The molecule has 1 fully saturated rings. The number of likely N-dealkylation sites (N-methyl/N-ethyl adjacent to an activating group) is 1. The molecule has 4 unspecified atom stereocenters. The fraction of sp³-hybridized carbons (Fsp3) is 0.387. The SMILES string of the molecule is CCNC(Cc1ccccc1)C1OC(C)(C)OC1C(Cc1ccccc1)NCc1ccc(F)c(C#N)c1. The lowest BCUT2D eigenvalue weighted by Gasteiger charge is -2.32. The first-order valence-electron chi connectivity index (χ1n) is 13.0. The van der Waals surface area contributed by atoms with Crippen molar-refractivity contribution in [3.63, 3.8) is 0 Å². The van der Waals surface area contributed by atoms with Gasteiger partial charge in [0.1, 0.15) is 24.1 Å². The molecule has 1 heterocycles. The Balaban J connectivity index is 1.62. The van der Waals surface area contributed by atoms with Crippen LogP contribution in [0.2, 0.25) is 0 Å². The van der Waals surface area contributed by atoms with E-state index in [0.717, 1.165) is 24.9 Å². The Morgan fingerprint density at radius 2 is 1.38 bits per heavy atom. The zero-order valence-electron chi connectivity index (χ0n) is 21.8. The van der Waals surface area contributed by atoms with Crippen molar-refractivity contribution >= 4 is 0 Å². The molecular weight excluding hydrogens is 465 g/mol. The number of hydrogen-bond acceptors (Lipinski definition) is 5. The van der Waals surface area contributed by atoms with Crippen molar-refractivity contribution in [1.29, 1.82) is 5.26 Å². The van der Waals surface area contributed by atoms with Gasteiger partial charge in [-0.05, 0) is 62.1 Å². The van der Waals surface area contributed by atoms with Gasteiger partial charge in [-0.3, -0.25) is 0 Å². The van der Waals surface area contributed by atoms with Gasteiger partial charge in [0, 0.05) is 18.6 Å². The fourth-order valence-corrected chi connectivity index (χ4v) is 5.06. The average molecular weight is 502 g/mol. The summed E-state index contributed by atoms with van der Waals surface area (Å²) in [5.41, 5.74) is 3.32. The molecule has 5 nitrogen and oxygen atoms in total. The minimum absolute atomic E-state index is 0.0495. The van der Waals surface area contributed by atoms with E-state index in [2.05, 4.69) is 54.0 Å². The summed E-state index contributed by atoms with van der Waals surface area (Å²) < 4.78 is 27.0. The van der Waals surface area contributed by atoms with Crippen molar-refractivity contribution in [3.05, 3.63) is 107 Å². The Bertz CT molecular complexity index is 1180. The van der Waals surface area contributed by atoms with Crippen molar-refractivity contribution in [1.82, 2.24) is 10.6 Å². The van der Waals surface area contributed by atoms with Crippen LogP contribution in [0.25, 0.3) is 0 Å². The highest BCUT2D eigenvalue weighted by Crippen LogP contribution is 2.34. The number of ether oxygens (including phenoxy) is 2. The van der Waals surface area contributed by atoms with Crippen LogP contribution in [-0.4, -0.2) is 36.6 Å². The summed E-state index contributed by atoms with van der Waals surface area (Å²) in [5, 5.41) is 16.6. The number of nitrogens with zero attached hydrogens (tertiary/aromatic N) is 1. The summed E-state index contributed by atoms with van der Waals surface area (Å²) in [5.74, 6) is -1.24. The molecule has 0 spiro atoms. The monoisotopic (exact) mass is 501 g/mol. The number of halogens is 1. The third-order valence-corrected chi connectivity index (χ3v) is 6.74. The Morgan fingerprint density at radius 1 is 0.838 bits per heavy atom. The molecule has 0 saturated carbocycles. The Labute approximate surface area is 219 Å². The highest BCUT2D eigenvalue weighted by Gasteiger charge is 2.48. The predicted octanol–water partition coefficient (Wildman–Crippen LogP) is 5.14. The van der Waals surface area contributed by atoms with Gasteiger partial charge >= 0.3 is 0 Å². The predicted molar refractivity (Wildman–Crippen MR) is 143 cm³/mol. The molecule has 3 aromatic rings. The van der Waals surface area contributed by atoms with Crippen LogP contribution < -0.4 is 10.6 Å². The largest absolute Gasteiger partial charge is 0.343 e. The van der Waals surface area contributed by atoms with Crippen LogP contribution in [0.5, 0.6) is 0 Å². The number of benzene rings is 3. The standard InChI is InChI=1S/C31H36FN3O2/c1-4-34-27(18-22-11-7-5-8-12-22)29-30(37-31(2,3)36-29)28(19-23-13-9-6-10-14-23)35-21-24-15-16-26(32)25(17-24)20-33/h5-17,27-30,34-35H,4,18-19,21H2,1-3H3.